The van der Waals surface area contributed by atoms with Gasteiger partial charge in [0, 0.05) is 9.75 Å². The summed E-state index contributed by atoms with van der Waals surface area (Å²) >= 11 is 1.92. The van der Waals surface area contributed by atoms with Gasteiger partial charge in [-0.2, -0.15) is 0 Å². The van der Waals surface area contributed by atoms with Crippen LogP contribution in [-0.2, 0) is 12.8 Å². The summed E-state index contributed by atoms with van der Waals surface area (Å²) in [7, 11) is 0. The second-order valence-corrected chi connectivity index (χ2v) is 5.11. The molecule has 0 aliphatic rings. The third-order valence-corrected chi connectivity index (χ3v) is 3.69. The van der Waals surface area contributed by atoms with E-state index in [4.69, 9.17) is 11.5 Å². The van der Waals surface area contributed by atoms with Gasteiger partial charge in [0.05, 0.1) is 0 Å². The lowest BCUT2D eigenvalue weighted by molar-refractivity contribution is 0.649. The molecule has 1 aromatic rings. The molecule has 0 fully saturated rings. The summed E-state index contributed by atoms with van der Waals surface area (Å²) in [5.74, 6) is 0. The molecule has 2 nitrogen and oxygen atoms in total. The highest BCUT2D eigenvalue weighted by molar-refractivity contribution is 7.11. The van der Waals surface area contributed by atoms with Crippen LogP contribution in [-0.4, -0.2) is 13.1 Å². The van der Waals surface area contributed by atoms with E-state index in [-0.39, 0.29) is 0 Å². The molecule has 0 atom stereocenters. The van der Waals surface area contributed by atoms with Crippen molar-refractivity contribution in [2.45, 2.75) is 38.5 Å². The lowest BCUT2D eigenvalue weighted by Crippen LogP contribution is -2.00. The Morgan fingerprint density at radius 2 is 1.47 bits per heavy atom. The zero-order valence-corrected chi connectivity index (χ0v) is 10.2. The van der Waals surface area contributed by atoms with Crippen LogP contribution in [0.3, 0.4) is 0 Å². The van der Waals surface area contributed by atoms with Gasteiger partial charge in [0.25, 0.3) is 0 Å². The molecule has 0 radical (unpaired) electrons. The SMILES string of the molecule is NCCCCCCc1ccc(CCN)s1. The Labute approximate surface area is 96.7 Å². The maximum absolute atomic E-state index is 5.52. The molecule has 0 bridgehead atoms. The number of aryl methyl sites for hydroxylation is 1. The van der Waals surface area contributed by atoms with Gasteiger partial charge in [-0.3, -0.25) is 0 Å². The van der Waals surface area contributed by atoms with Gasteiger partial charge in [-0.05, 0) is 50.9 Å². The summed E-state index contributed by atoms with van der Waals surface area (Å²) in [6.45, 7) is 1.59. The maximum Gasteiger partial charge on any atom is 0.00607 e. The number of unbranched alkanes of at least 4 members (excludes halogenated alkanes) is 3. The first kappa shape index (κ1) is 12.7. The normalized spacial score (nSPS) is 10.8. The summed E-state index contributed by atoms with van der Waals surface area (Å²) in [4.78, 5) is 2.93. The molecule has 0 saturated heterocycles. The van der Waals surface area contributed by atoms with Crippen molar-refractivity contribution in [1.29, 1.82) is 0 Å². The number of rotatable bonds is 8. The van der Waals surface area contributed by atoms with Crippen molar-refractivity contribution in [3.8, 4) is 0 Å². The Bertz CT molecular complexity index is 258. The predicted octanol–water partition coefficient (Wildman–Crippen LogP) is 2.31. The van der Waals surface area contributed by atoms with E-state index in [0.717, 1.165) is 19.5 Å². The third kappa shape index (κ3) is 5.30. The zero-order chi connectivity index (χ0) is 10.9. The molecule has 1 heterocycles. The zero-order valence-electron chi connectivity index (χ0n) is 9.37. The molecule has 0 spiro atoms. The molecule has 1 aromatic heterocycles. The molecule has 86 valence electrons. The van der Waals surface area contributed by atoms with E-state index < -0.39 is 0 Å². The van der Waals surface area contributed by atoms with Gasteiger partial charge in [-0.1, -0.05) is 12.8 Å². The first-order valence-corrected chi connectivity index (χ1v) is 6.66. The monoisotopic (exact) mass is 226 g/mol. The smallest absolute Gasteiger partial charge is 0.00607 e. The summed E-state index contributed by atoms with van der Waals surface area (Å²) in [6.07, 6.45) is 7.29. The van der Waals surface area contributed by atoms with Gasteiger partial charge in [-0.15, -0.1) is 11.3 Å². The van der Waals surface area contributed by atoms with Gasteiger partial charge in [0.15, 0.2) is 0 Å². The van der Waals surface area contributed by atoms with E-state index in [1.165, 1.54) is 41.9 Å². The largest absolute Gasteiger partial charge is 0.330 e. The molecule has 0 amide bonds. The first-order valence-electron chi connectivity index (χ1n) is 5.84. The van der Waals surface area contributed by atoms with Crippen LogP contribution in [0.25, 0.3) is 0 Å². The van der Waals surface area contributed by atoms with Gasteiger partial charge >= 0.3 is 0 Å². The van der Waals surface area contributed by atoms with Crippen molar-refractivity contribution in [3.05, 3.63) is 21.9 Å². The molecule has 3 heteroatoms. The minimum Gasteiger partial charge on any atom is -0.330 e. The van der Waals surface area contributed by atoms with Crippen molar-refractivity contribution < 1.29 is 0 Å². The standard InChI is InChI=1S/C12H22N2S/c13-9-4-2-1-3-5-11-6-7-12(15-11)8-10-14/h6-7H,1-5,8-10,13-14H2. The van der Waals surface area contributed by atoms with E-state index >= 15 is 0 Å². The predicted molar refractivity (Wildman–Crippen MR) is 68.3 cm³/mol. The van der Waals surface area contributed by atoms with E-state index in [0.29, 0.717) is 0 Å². The fraction of sp³-hybridized carbons (Fsp3) is 0.667. The molecular weight excluding hydrogens is 204 g/mol. The summed E-state index contributed by atoms with van der Waals surface area (Å²) in [5.41, 5.74) is 11.0. The van der Waals surface area contributed by atoms with Crippen LogP contribution >= 0.6 is 11.3 Å². The Kier molecular flexibility index (Phi) is 6.64. The topological polar surface area (TPSA) is 52.0 Å². The van der Waals surface area contributed by atoms with Crippen molar-refractivity contribution in [1.82, 2.24) is 0 Å². The fourth-order valence-corrected chi connectivity index (χ4v) is 2.71. The van der Waals surface area contributed by atoms with Crippen molar-refractivity contribution in [2.75, 3.05) is 13.1 Å². The highest BCUT2D eigenvalue weighted by atomic mass is 32.1. The number of nitrogens with two attached hydrogens (primary N) is 2. The van der Waals surface area contributed by atoms with E-state index in [1.54, 1.807) is 0 Å². The molecule has 0 unspecified atom stereocenters. The molecule has 4 N–H and O–H groups in total. The Hall–Kier alpha value is -0.380. The lowest BCUT2D eigenvalue weighted by atomic mass is 10.1. The van der Waals surface area contributed by atoms with Gasteiger partial charge < -0.3 is 11.5 Å². The second-order valence-electron chi connectivity index (χ2n) is 3.86. The minimum atomic E-state index is 0.760. The van der Waals surface area contributed by atoms with Crippen LogP contribution in [0.1, 0.15) is 35.4 Å². The first-order chi connectivity index (χ1) is 7.36. The molecule has 0 aliphatic carbocycles. The quantitative estimate of drug-likeness (QED) is 0.668. The Balaban J connectivity index is 2.14. The summed E-state index contributed by atoms with van der Waals surface area (Å²) in [6, 6.07) is 4.46. The second kappa shape index (κ2) is 7.85. The van der Waals surface area contributed by atoms with E-state index in [9.17, 15) is 0 Å². The van der Waals surface area contributed by atoms with Gasteiger partial charge in [0.2, 0.25) is 0 Å². The third-order valence-electron chi connectivity index (χ3n) is 2.49. The fourth-order valence-electron chi connectivity index (χ4n) is 1.63. The summed E-state index contributed by atoms with van der Waals surface area (Å²) in [5, 5.41) is 0. The number of thiophene rings is 1. The average molecular weight is 226 g/mol. The van der Waals surface area contributed by atoms with Crippen LogP contribution in [0.2, 0.25) is 0 Å². The Morgan fingerprint density at radius 1 is 0.800 bits per heavy atom. The molecular formula is C12H22N2S. The van der Waals surface area contributed by atoms with Crippen LogP contribution in [0.5, 0.6) is 0 Å². The summed E-state index contributed by atoms with van der Waals surface area (Å²) < 4.78 is 0. The van der Waals surface area contributed by atoms with Gasteiger partial charge in [-0.25, -0.2) is 0 Å². The van der Waals surface area contributed by atoms with Crippen molar-refractivity contribution in [3.63, 3.8) is 0 Å². The van der Waals surface area contributed by atoms with Gasteiger partial charge in [0.1, 0.15) is 0 Å². The molecule has 15 heavy (non-hydrogen) atoms. The van der Waals surface area contributed by atoms with Crippen LogP contribution in [0.15, 0.2) is 12.1 Å². The number of hydrogen-bond donors (Lipinski definition) is 2. The lowest BCUT2D eigenvalue weighted by Gasteiger charge is -1.98. The molecule has 0 saturated carbocycles. The maximum atomic E-state index is 5.52. The molecule has 0 aromatic carbocycles. The van der Waals surface area contributed by atoms with Crippen LogP contribution in [0, 0.1) is 0 Å². The van der Waals surface area contributed by atoms with E-state index in [1.807, 2.05) is 11.3 Å². The van der Waals surface area contributed by atoms with Crippen LogP contribution in [0.4, 0.5) is 0 Å². The number of hydrogen-bond acceptors (Lipinski definition) is 3. The molecule has 0 aliphatic heterocycles. The molecule has 1 rings (SSSR count). The van der Waals surface area contributed by atoms with Crippen molar-refractivity contribution >= 4 is 11.3 Å². The highest BCUT2D eigenvalue weighted by Crippen LogP contribution is 2.19. The average Bonchev–Trinajstić information content (AvgIpc) is 2.66. The Morgan fingerprint density at radius 3 is 2.13 bits per heavy atom. The van der Waals surface area contributed by atoms with Crippen molar-refractivity contribution in [2.24, 2.45) is 11.5 Å². The minimum absolute atomic E-state index is 0.760. The van der Waals surface area contributed by atoms with E-state index in [2.05, 4.69) is 12.1 Å². The van der Waals surface area contributed by atoms with Crippen LogP contribution < -0.4 is 11.5 Å². The highest BCUT2D eigenvalue weighted by Gasteiger charge is 1.99.